The Bertz CT molecular complexity index is 2670. The summed E-state index contributed by atoms with van der Waals surface area (Å²) in [7, 11) is 0. The molecule has 0 saturated heterocycles. The van der Waals surface area contributed by atoms with Gasteiger partial charge in [0.1, 0.15) is 0 Å². The molecule has 6 aromatic carbocycles. The van der Waals surface area contributed by atoms with Crippen LogP contribution in [0.15, 0.2) is 164 Å². The Morgan fingerprint density at radius 1 is 0.340 bits per heavy atom. The molecule has 3 aromatic heterocycles. The van der Waals surface area contributed by atoms with Crippen molar-refractivity contribution in [3.8, 4) is 79.1 Å². The van der Waals surface area contributed by atoms with Crippen LogP contribution in [0.25, 0.3) is 89.3 Å². The quantitative estimate of drug-likeness (QED) is 0.166. The van der Waals surface area contributed by atoms with Gasteiger partial charge in [-0.15, -0.1) is 11.3 Å². The first kappa shape index (κ1) is 32.3. The molecule has 0 spiro atoms. The minimum absolute atomic E-state index is 0.634. The fraction of sp³-hybridized carbons (Fsp3) is 0.0426. The highest BCUT2D eigenvalue weighted by Gasteiger charge is 2.17. The summed E-state index contributed by atoms with van der Waals surface area (Å²) in [5.41, 5.74) is 12.6. The van der Waals surface area contributed by atoms with Gasteiger partial charge in [0, 0.05) is 32.7 Å². The number of aryl methyl sites for hydroxylation is 2. The predicted octanol–water partition coefficient (Wildman–Crippen LogP) is 12.2. The molecular weight excluding hydrogens is 667 g/mol. The third-order valence-corrected chi connectivity index (χ3v) is 10.7. The van der Waals surface area contributed by atoms with E-state index in [9.17, 15) is 0 Å². The second-order valence-corrected chi connectivity index (χ2v) is 14.2. The molecule has 0 unspecified atom stereocenters. The first-order chi connectivity index (χ1) is 26.1. The van der Waals surface area contributed by atoms with Gasteiger partial charge in [0.2, 0.25) is 0 Å². The zero-order chi connectivity index (χ0) is 35.7. The molecule has 0 fully saturated rings. The van der Waals surface area contributed by atoms with Gasteiger partial charge < -0.3 is 0 Å². The van der Waals surface area contributed by atoms with E-state index in [1.54, 1.807) is 11.3 Å². The van der Waals surface area contributed by atoms with Crippen molar-refractivity contribution in [1.29, 1.82) is 0 Å². The molecule has 0 aliphatic carbocycles. The van der Waals surface area contributed by atoms with Crippen LogP contribution in [0.1, 0.15) is 10.4 Å². The SMILES string of the molecule is Cc1sc2c(-c3ccccc3)nc(-c3ccc(-c4cccc(-c5cccc(-c6nc(-c7ccccc7)nc(-c7ccccc7)n6)c5)c4)cc3)nc2c1C. The molecule has 5 nitrogen and oxygen atoms in total. The fourth-order valence-electron chi connectivity index (χ4n) is 6.58. The Hall–Kier alpha value is -6.63. The molecule has 252 valence electrons. The molecule has 9 aromatic rings. The second-order valence-electron chi connectivity index (χ2n) is 13.0. The summed E-state index contributed by atoms with van der Waals surface area (Å²) in [4.78, 5) is 26.2. The Kier molecular flexibility index (Phi) is 8.42. The molecule has 0 aliphatic rings. The Labute approximate surface area is 312 Å². The number of hydrogen-bond donors (Lipinski definition) is 0. The van der Waals surface area contributed by atoms with E-state index in [-0.39, 0.29) is 0 Å². The lowest BCUT2D eigenvalue weighted by Gasteiger charge is -2.11. The van der Waals surface area contributed by atoms with Crippen molar-refractivity contribution in [2.24, 2.45) is 0 Å². The highest BCUT2D eigenvalue weighted by Crippen LogP contribution is 2.38. The average molecular weight is 700 g/mol. The third-order valence-electron chi connectivity index (χ3n) is 9.54. The molecule has 53 heavy (non-hydrogen) atoms. The van der Waals surface area contributed by atoms with Crippen LogP contribution >= 0.6 is 11.3 Å². The van der Waals surface area contributed by atoms with Crippen molar-refractivity contribution in [1.82, 2.24) is 24.9 Å². The van der Waals surface area contributed by atoms with Gasteiger partial charge in [0.05, 0.1) is 15.9 Å². The number of fused-ring (bicyclic) bond motifs is 1. The summed E-state index contributed by atoms with van der Waals surface area (Å²) in [6.45, 7) is 4.31. The van der Waals surface area contributed by atoms with E-state index >= 15 is 0 Å². The maximum atomic E-state index is 5.12. The zero-order valence-electron chi connectivity index (χ0n) is 29.2. The third kappa shape index (κ3) is 6.41. The van der Waals surface area contributed by atoms with Gasteiger partial charge in [-0.25, -0.2) is 24.9 Å². The van der Waals surface area contributed by atoms with Crippen LogP contribution in [0, 0.1) is 13.8 Å². The summed E-state index contributed by atoms with van der Waals surface area (Å²) in [5, 5.41) is 0. The van der Waals surface area contributed by atoms with Gasteiger partial charge in [0.25, 0.3) is 0 Å². The van der Waals surface area contributed by atoms with Crippen LogP contribution in [0.5, 0.6) is 0 Å². The first-order valence-electron chi connectivity index (χ1n) is 17.6. The molecule has 0 aliphatic heterocycles. The van der Waals surface area contributed by atoms with Crippen molar-refractivity contribution in [3.63, 3.8) is 0 Å². The molecule has 3 heterocycles. The van der Waals surface area contributed by atoms with Gasteiger partial charge >= 0.3 is 0 Å². The van der Waals surface area contributed by atoms with Gasteiger partial charge in [-0.1, -0.05) is 152 Å². The normalized spacial score (nSPS) is 11.2. The topological polar surface area (TPSA) is 64.5 Å². The number of nitrogens with zero attached hydrogens (tertiary/aromatic N) is 5. The molecular formula is C47H33N5S. The van der Waals surface area contributed by atoms with Crippen LogP contribution in [0.4, 0.5) is 0 Å². The largest absolute Gasteiger partial charge is 0.227 e. The second kappa shape index (κ2) is 13.8. The summed E-state index contributed by atoms with van der Waals surface area (Å²) < 4.78 is 1.14. The van der Waals surface area contributed by atoms with Gasteiger partial charge in [-0.3, -0.25) is 0 Å². The van der Waals surface area contributed by atoms with Crippen LogP contribution < -0.4 is 0 Å². The average Bonchev–Trinajstić information content (AvgIpc) is 3.53. The standard InChI is InChI=1S/C47H33N5S/c1-30-31(2)53-43-41(30)48-44(49-42(43)33-14-6-3-7-15-33)36-26-24-32(25-27-36)37-20-12-21-38(28-37)39-22-13-23-40(29-39)47-51-45(34-16-8-4-9-17-34)50-46(52-47)35-18-10-5-11-19-35/h3-29H,1-2H3. The zero-order valence-corrected chi connectivity index (χ0v) is 30.0. The van der Waals surface area contributed by atoms with E-state index in [1.165, 1.54) is 10.4 Å². The molecule has 0 bridgehead atoms. The monoisotopic (exact) mass is 699 g/mol. The van der Waals surface area contributed by atoms with E-state index in [2.05, 4.69) is 111 Å². The lowest BCUT2D eigenvalue weighted by molar-refractivity contribution is 1.07. The van der Waals surface area contributed by atoms with Gasteiger partial charge in [0.15, 0.2) is 23.3 Å². The molecule has 0 N–H and O–H groups in total. The number of thiophene rings is 1. The van der Waals surface area contributed by atoms with Gasteiger partial charge in [-0.2, -0.15) is 0 Å². The summed E-state index contributed by atoms with van der Waals surface area (Å²) in [6.07, 6.45) is 0. The number of benzene rings is 6. The number of rotatable bonds is 7. The number of aromatic nitrogens is 5. The molecule has 9 rings (SSSR count). The smallest absolute Gasteiger partial charge is 0.164 e. The minimum Gasteiger partial charge on any atom is -0.227 e. The molecule has 0 radical (unpaired) electrons. The van der Waals surface area contributed by atoms with Crippen molar-refractivity contribution in [3.05, 3.63) is 174 Å². The molecule has 0 amide bonds. The van der Waals surface area contributed by atoms with E-state index in [1.807, 2.05) is 66.7 Å². The van der Waals surface area contributed by atoms with E-state index < -0.39 is 0 Å². The lowest BCUT2D eigenvalue weighted by atomic mass is 9.97. The first-order valence-corrected chi connectivity index (χ1v) is 18.4. The maximum absolute atomic E-state index is 5.12. The summed E-state index contributed by atoms with van der Waals surface area (Å²) >= 11 is 1.77. The van der Waals surface area contributed by atoms with Crippen LogP contribution in [-0.2, 0) is 0 Å². The van der Waals surface area contributed by atoms with E-state index in [0.29, 0.717) is 17.5 Å². The summed E-state index contributed by atoms with van der Waals surface area (Å²) in [5.74, 6) is 2.66. The fourth-order valence-corrected chi connectivity index (χ4v) is 7.70. The van der Waals surface area contributed by atoms with Crippen LogP contribution in [0.3, 0.4) is 0 Å². The molecule has 6 heteroatoms. The molecule has 0 saturated carbocycles. The minimum atomic E-state index is 0.634. The van der Waals surface area contributed by atoms with Gasteiger partial charge in [-0.05, 0) is 53.8 Å². The lowest BCUT2D eigenvalue weighted by Crippen LogP contribution is -2.00. The van der Waals surface area contributed by atoms with Crippen LogP contribution in [0.2, 0.25) is 0 Å². The maximum Gasteiger partial charge on any atom is 0.164 e. The Balaban J connectivity index is 1.05. The van der Waals surface area contributed by atoms with Crippen molar-refractivity contribution < 1.29 is 0 Å². The highest BCUT2D eigenvalue weighted by molar-refractivity contribution is 7.19. The Morgan fingerprint density at radius 2 is 0.736 bits per heavy atom. The van der Waals surface area contributed by atoms with Crippen molar-refractivity contribution in [2.75, 3.05) is 0 Å². The highest BCUT2D eigenvalue weighted by atomic mass is 32.1. The molecule has 0 atom stereocenters. The Morgan fingerprint density at radius 3 is 1.30 bits per heavy atom. The summed E-state index contributed by atoms with van der Waals surface area (Å²) in [6, 6.07) is 56.2. The van der Waals surface area contributed by atoms with Crippen molar-refractivity contribution >= 4 is 21.6 Å². The van der Waals surface area contributed by atoms with Crippen molar-refractivity contribution in [2.45, 2.75) is 13.8 Å². The number of hydrogen-bond acceptors (Lipinski definition) is 6. The van der Waals surface area contributed by atoms with E-state index in [0.717, 1.165) is 71.8 Å². The van der Waals surface area contributed by atoms with Crippen LogP contribution in [-0.4, -0.2) is 24.9 Å². The van der Waals surface area contributed by atoms with E-state index in [4.69, 9.17) is 24.9 Å². The predicted molar refractivity (Wildman–Crippen MR) is 218 cm³/mol.